The van der Waals surface area contributed by atoms with Gasteiger partial charge in [-0.3, -0.25) is 43.2 Å². The van der Waals surface area contributed by atoms with E-state index in [0.29, 0.717) is 6.42 Å². The maximum atomic E-state index is 13.9. The molecule has 0 aromatic carbocycles. The molecule has 22 heteroatoms. The summed E-state index contributed by atoms with van der Waals surface area (Å²) in [6, 6.07) is -11.9. The lowest BCUT2D eigenvalue weighted by atomic mass is 9.96. The summed E-state index contributed by atoms with van der Waals surface area (Å²) in [6.07, 6.45) is -0.593. The van der Waals surface area contributed by atoms with Crippen LogP contribution in [0.25, 0.3) is 0 Å². The maximum absolute atomic E-state index is 13.9. The fraction of sp³-hybridized carbons (Fsp3) is 0.778. The van der Waals surface area contributed by atoms with Gasteiger partial charge in [0.1, 0.15) is 54.4 Å². The monoisotopic (exact) mass is 955 g/mol. The number of carboxylic acid groups (broad SMARTS) is 1. The molecule has 384 valence electrons. The Balaban J connectivity index is 6.08. The Bertz CT molecular complexity index is 1710. The van der Waals surface area contributed by atoms with Gasteiger partial charge < -0.3 is 63.8 Å². The minimum Gasteiger partial charge on any atom is -0.480 e. The standard InChI is InChI=1S/C45H82N10O12/c1-16-24(10)34(43(64)52-31(18-21(4)5)41(62)48-26(12)37(58)47-27(13)38(59)53-33(23(8)9)45(66)67)54-44(65)35(29(15)56)55-39(60)28(14)49-40(61)30(17-20(2)3)51-42(63)32(19-22(6)7)50-36(57)25(11)46/h20-35,56H,16-19,46H2,1-15H3,(H,47,58)(H,48,62)(H,49,61)(H,50,57)(H,51,63)(H,52,64)(H,53,59)(H,54,65)(H,55,60)(H,66,67)/t24-,25-,26-,27-,28-,29+,30-,31-,32-,33-,34-,35-/m0/s1. The third-order valence-corrected chi connectivity index (χ3v) is 10.8. The van der Waals surface area contributed by atoms with Gasteiger partial charge in [0.25, 0.3) is 0 Å². The lowest BCUT2D eigenvalue weighted by Gasteiger charge is -2.30. The highest BCUT2D eigenvalue weighted by Gasteiger charge is 2.37. The van der Waals surface area contributed by atoms with Gasteiger partial charge in [-0.1, -0.05) is 75.7 Å². The van der Waals surface area contributed by atoms with Crippen LogP contribution in [-0.2, 0) is 47.9 Å². The van der Waals surface area contributed by atoms with E-state index < -0.39 is 137 Å². The Morgan fingerprint density at radius 3 is 1.03 bits per heavy atom. The fourth-order valence-electron chi connectivity index (χ4n) is 6.53. The van der Waals surface area contributed by atoms with E-state index in [1.165, 1.54) is 34.6 Å². The SMILES string of the molecule is CC[C@H](C)[C@H](NC(=O)[C@@H](NC(=O)[C@H](C)NC(=O)[C@H](CC(C)C)NC(=O)[C@H](CC(C)C)NC(=O)[C@H](C)N)[C@@H](C)O)C(=O)N[C@@H](CC(C)C)C(=O)N[C@@H](C)C(=O)N[C@@H](C)C(=O)N[C@H](C(=O)O)C(C)C. The van der Waals surface area contributed by atoms with Crippen molar-refractivity contribution in [2.75, 3.05) is 0 Å². The number of nitrogens with two attached hydrogens (primary N) is 1. The Kier molecular flexibility index (Phi) is 27.0. The number of aliphatic hydroxyl groups is 1. The summed E-state index contributed by atoms with van der Waals surface area (Å²) in [5.41, 5.74) is 5.69. The molecular weight excluding hydrogens is 873 g/mol. The van der Waals surface area contributed by atoms with E-state index in [0.717, 1.165) is 0 Å². The summed E-state index contributed by atoms with van der Waals surface area (Å²) in [7, 11) is 0. The van der Waals surface area contributed by atoms with E-state index in [1.54, 1.807) is 41.5 Å². The molecule has 0 spiro atoms. The van der Waals surface area contributed by atoms with Gasteiger partial charge in [-0.05, 0) is 83.5 Å². The normalized spacial score (nSPS) is 16.9. The highest BCUT2D eigenvalue weighted by molar-refractivity contribution is 5.98. The number of hydrogen-bond acceptors (Lipinski definition) is 12. The third kappa shape index (κ3) is 22.3. The maximum Gasteiger partial charge on any atom is 0.326 e. The minimum absolute atomic E-state index is 0.00384. The van der Waals surface area contributed by atoms with E-state index in [2.05, 4.69) is 47.9 Å². The van der Waals surface area contributed by atoms with Crippen molar-refractivity contribution in [3.63, 3.8) is 0 Å². The first-order valence-corrected chi connectivity index (χ1v) is 23.2. The van der Waals surface area contributed by atoms with Crippen LogP contribution >= 0.6 is 0 Å². The van der Waals surface area contributed by atoms with Crippen molar-refractivity contribution in [2.24, 2.45) is 35.3 Å². The van der Waals surface area contributed by atoms with Crippen LogP contribution in [0.2, 0.25) is 0 Å². The van der Waals surface area contributed by atoms with E-state index >= 15 is 0 Å². The zero-order chi connectivity index (χ0) is 52.2. The van der Waals surface area contributed by atoms with Crippen LogP contribution in [0, 0.1) is 29.6 Å². The van der Waals surface area contributed by atoms with Crippen LogP contribution in [-0.4, -0.2) is 136 Å². The van der Waals surface area contributed by atoms with Crippen LogP contribution < -0.4 is 53.6 Å². The summed E-state index contributed by atoms with van der Waals surface area (Å²) in [6.45, 7) is 24.4. The molecule has 22 nitrogen and oxygen atoms in total. The molecular formula is C45H82N10O12. The highest BCUT2D eigenvalue weighted by Crippen LogP contribution is 2.13. The van der Waals surface area contributed by atoms with Gasteiger partial charge in [0.2, 0.25) is 53.2 Å². The molecule has 0 aliphatic carbocycles. The molecule has 0 aliphatic rings. The summed E-state index contributed by atoms with van der Waals surface area (Å²) in [5, 5.41) is 42.9. The van der Waals surface area contributed by atoms with Crippen molar-refractivity contribution in [2.45, 2.75) is 196 Å². The average molecular weight is 955 g/mol. The molecule has 0 aromatic heterocycles. The molecule has 13 N–H and O–H groups in total. The Labute approximate surface area is 395 Å². The van der Waals surface area contributed by atoms with Crippen LogP contribution in [0.3, 0.4) is 0 Å². The van der Waals surface area contributed by atoms with E-state index in [9.17, 15) is 58.2 Å². The van der Waals surface area contributed by atoms with Crippen molar-refractivity contribution in [1.29, 1.82) is 0 Å². The average Bonchev–Trinajstić information content (AvgIpc) is 3.20. The van der Waals surface area contributed by atoms with Gasteiger partial charge in [-0.2, -0.15) is 0 Å². The van der Waals surface area contributed by atoms with Gasteiger partial charge >= 0.3 is 5.97 Å². The smallest absolute Gasteiger partial charge is 0.326 e. The molecule has 12 atom stereocenters. The van der Waals surface area contributed by atoms with Crippen LogP contribution in [0.4, 0.5) is 0 Å². The molecule has 0 heterocycles. The van der Waals surface area contributed by atoms with E-state index in [4.69, 9.17) is 5.73 Å². The molecule has 0 rings (SSSR count). The zero-order valence-corrected chi connectivity index (χ0v) is 42.1. The molecule has 0 fully saturated rings. The highest BCUT2D eigenvalue weighted by atomic mass is 16.4. The van der Waals surface area contributed by atoms with E-state index in [-0.39, 0.29) is 37.0 Å². The first kappa shape index (κ1) is 61.6. The quantitative estimate of drug-likeness (QED) is 0.0432. The van der Waals surface area contributed by atoms with Crippen LogP contribution in [0.15, 0.2) is 0 Å². The molecule has 9 amide bonds. The first-order chi connectivity index (χ1) is 30.8. The minimum atomic E-state index is -1.62. The molecule has 0 saturated carbocycles. The first-order valence-electron chi connectivity index (χ1n) is 23.2. The number of carboxylic acids is 1. The van der Waals surface area contributed by atoms with Crippen molar-refractivity contribution < 1.29 is 58.2 Å². The van der Waals surface area contributed by atoms with Gasteiger partial charge in [-0.15, -0.1) is 0 Å². The number of carbonyl (C=O) groups is 10. The Hall–Kier alpha value is -5.38. The number of hydrogen-bond donors (Lipinski definition) is 12. The second-order valence-corrected chi connectivity index (χ2v) is 19.2. The van der Waals surface area contributed by atoms with Crippen molar-refractivity contribution >= 4 is 59.1 Å². The Morgan fingerprint density at radius 2 is 0.701 bits per heavy atom. The number of rotatable bonds is 29. The van der Waals surface area contributed by atoms with Gasteiger partial charge in [0.05, 0.1) is 12.1 Å². The fourth-order valence-corrected chi connectivity index (χ4v) is 6.53. The Morgan fingerprint density at radius 1 is 0.403 bits per heavy atom. The molecule has 0 saturated heterocycles. The second kappa shape index (κ2) is 29.4. The van der Waals surface area contributed by atoms with Crippen LogP contribution in [0.5, 0.6) is 0 Å². The predicted molar refractivity (Wildman–Crippen MR) is 250 cm³/mol. The van der Waals surface area contributed by atoms with Crippen LogP contribution in [0.1, 0.15) is 130 Å². The van der Waals surface area contributed by atoms with Gasteiger partial charge in [0.15, 0.2) is 0 Å². The summed E-state index contributed by atoms with van der Waals surface area (Å²) >= 11 is 0. The van der Waals surface area contributed by atoms with Crippen molar-refractivity contribution in [3.05, 3.63) is 0 Å². The predicted octanol–water partition coefficient (Wildman–Crippen LogP) is -0.938. The third-order valence-electron chi connectivity index (χ3n) is 10.8. The zero-order valence-electron chi connectivity index (χ0n) is 42.1. The molecule has 0 aromatic rings. The molecule has 0 radical (unpaired) electrons. The molecule has 0 unspecified atom stereocenters. The summed E-state index contributed by atoms with van der Waals surface area (Å²) in [4.78, 5) is 131. The number of nitrogens with one attached hydrogen (secondary N) is 9. The molecule has 0 aliphatic heterocycles. The van der Waals surface area contributed by atoms with Crippen molar-refractivity contribution in [3.8, 4) is 0 Å². The molecule has 0 bridgehead atoms. The van der Waals surface area contributed by atoms with E-state index in [1.807, 2.05) is 27.7 Å². The lowest BCUT2D eigenvalue weighted by molar-refractivity contribution is -0.143. The number of aliphatic carboxylic acids is 1. The largest absolute Gasteiger partial charge is 0.480 e. The van der Waals surface area contributed by atoms with Crippen molar-refractivity contribution in [1.82, 2.24) is 47.9 Å². The lowest BCUT2D eigenvalue weighted by Crippen LogP contribution is -2.62. The second-order valence-electron chi connectivity index (χ2n) is 19.2. The van der Waals surface area contributed by atoms with Gasteiger partial charge in [0, 0.05) is 0 Å². The summed E-state index contributed by atoms with van der Waals surface area (Å²) in [5.74, 6) is -9.19. The summed E-state index contributed by atoms with van der Waals surface area (Å²) < 4.78 is 0. The topological polar surface area (TPSA) is 345 Å². The molecule has 67 heavy (non-hydrogen) atoms. The van der Waals surface area contributed by atoms with Gasteiger partial charge in [-0.25, -0.2) is 4.79 Å². The number of carbonyl (C=O) groups excluding carboxylic acids is 9. The number of amides is 9. The number of aliphatic hydroxyl groups excluding tert-OH is 1.